The summed E-state index contributed by atoms with van der Waals surface area (Å²) < 4.78 is 5.94. The summed E-state index contributed by atoms with van der Waals surface area (Å²) in [5, 5.41) is 0.307. The lowest BCUT2D eigenvalue weighted by molar-refractivity contribution is 0.0229. The zero-order valence-corrected chi connectivity index (χ0v) is 17.2. The summed E-state index contributed by atoms with van der Waals surface area (Å²) in [4.78, 5) is 16.1. The SMILES string of the molecule is C[C@H](c1ccccc1S[C@@H]1CCCC[C@H]1OC(=O)c1ccccc1)N(C)C. The van der Waals surface area contributed by atoms with E-state index in [0.29, 0.717) is 16.9 Å². The summed E-state index contributed by atoms with van der Waals surface area (Å²) in [6, 6.07) is 18.3. The Morgan fingerprint density at radius 3 is 2.44 bits per heavy atom. The van der Waals surface area contributed by atoms with E-state index >= 15 is 0 Å². The average Bonchev–Trinajstić information content (AvgIpc) is 2.70. The van der Waals surface area contributed by atoms with Gasteiger partial charge in [0.25, 0.3) is 0 Å². The van der Waals surface area contributed by atoms with Crippen molar-refractivity contribution in [3.63, 3.8) is 0 Å². The molecule has 0 spiro atoms. The molecule has 0 heterocycles. The third-order valence-electron chi connectivity index (χ3n) is 5.33. The highest BCUT2D eigenvalue weighted by Crippen LogP contribution is 2.39. The quantitative estimate of drug-likeness (QED) is 0.610. The van der Waals surface area contributed by atoms with E-state index < -0.39 is 0 Å². The van der Waals surface area contributed by atoms with Gasteiger partial charge in [0.05, 0.1) is 5.56 Å². The molecule has 0 N–H and O–H groups in total. The molecule has 2 aromatic rings. The van der Waals surface area contributed by atoms with Gasteiger partial charge in [-0.1, -0.05) is 42.8 Å². The Morgan fingerprint density at radius 2 is 1.70 bits per heavy atom. The molecule has 1 aliphatic rings. The molecule has 0 amide bonds. The molecule has 0 saturated heterocycles. The summed E-state index contributed by atoms with van der Waals surface area (Å²) in [5.41, 5.74) is 1.97. The van der Waals surface area contributed by atoms with Gasteiger partial charge in [0.1, 0.15) is 6.10 Å². The van der Waals surface area contributed by atoms with Crippen molar-refractivity contribution in [3.8, 4) is 0 Å². The van der Waals surface area contributed by atoms with E-state index in [4.69, 9.17) is 4.74 Å². The Labute approximate surface area is 167 Å². The number of rotatable bonds is 6. The Kier molecular flexibility index (Phi) is 6.97. The van der Waals surface area contributed by atoms with Crippen molar-refractivity contribution < 1.29 is 9.53 Å². The van der Waals surface area contributed by atoms with Gasteiger partial charge in [0, 0.05) is 16.2 Å². The first-order valence-electron chi connectivity index (χ1n) is 9.74. The second-order valence-corrected chi connectivity index (χ2v) is 8.71. The number of hydrogen-bond donors (Lipinski definition) is 0. The zero-order chi connectivity index (χ0) is 19.2. The molecular weight excluding hydrogens is 354 g/mol. The van der Waals surface area contributed by atoms with Gasteiger partial charge >= 0.3 is 5.97 Å². The van der Waals surface area contributed by atoms with Crippen LogP contribution in [0.2, 0.25) is 0 Å². The van der Waals surface area contributed by atoms with Crippen LogP contribution in [-0.2, 0) is 4.74 Å². The minimum Gasteiger partial charge on any atom is -0.458 e. The van der Waals surface area contributed by atoms with Crippen molar-refractivity contribution >= 4 is 17.7 Å². The van der Waals surface area contributed by atoms with E-state index in [0.717, 1.165) is 19.3 Å². The number of benzene rings is 2. The molecule has 4 heteroatoms. The molecule has 0 radical (unpaired) electrons. The van der Waals surface area contributed by atoms with Gasteiger partial charge in [-0.2, -0.15) is 0 Å². The van der Waals surface area contributed by atoms with E-state index in [1.165, 1.54) is 16.9 Å². The predicted molar refractivity (Wildman–Crippen MR) is 112 cm³/mol. The lowest BCUT2D eigenvalue weighted by Gasteiger charge is -2.32. The summed E-state index contributed by atoms with van der Waals surface area (Å²) in [7, 11) is 4.22. The van der Waals surface area contributed by atoms with E-state index in [9.17, 15) is 4.79 Å². The highest BCUT2D eigenvalue weighted by Gasteiger charge is 2.30. The van der Waals surface area contributed by atoms with Crippen LogP contribution in [0.3, 0.4) is 0 Å². The summed E-state index contributed by atoms with van der Waals surface area (Å²) >= 11 is 1.88. The maximum atomic E-state index is 12.5. The minimum absolute atomic E-state index is 0.0285. The van der Waals surface area contributed by atoms with Crippen LogP contribution >= 0.6 is 11.8 Å². The lowest BCUT2D eigenvalue weighted by Crippen LogP contribution is -2.32. The van der Waals surface area contributed by atoms with E-state index in [-0.39, 0.29) is 12.1 Å². The van der Waals surface area contributed by atoms with Crippen molar-refractivity contribution in [2.45, 2.75) is 54.9 Å². The topological polar surface area (TPSA) is 29.5 Å². The zero-order valence-electron chi connectivity index (χ0n) is 16.4. The fourth-order valence-electron chi connectivity index (χ4n) is 3.49. The normalized spacial score (nSPS) is 21.0. The summed E-state index contributed by atoms with van der Waals surface area (Å²) in [6.07, 6.45) is 4.32. The average molecular weight is 384 g/mol. The van der Waals surface area contributed by atoms with Gasteiger partial charge < -0.3 is 9.64 Å². The molecule has 3 atom stereocenters. The molecule has 1 saturated carbocycles. The van der Waals surface area contributed by atoms with Crippen molar-refractivity contribution in [1.82, 2.24) is 4.90 Å². The number of carbonyl (C=O) groups excluding carboxylic acids is 1. The molecule has 3 nitrogen and oxygen atoms in total. The van der Waals surface area contributed by atoms with Crippen LogP contribution in [0.15, 0.2) is 59.5 Å². The Bertz CT molecular complexity index is 747. The highest BCUT2D eigenvalue weighted by atomic mass is 32.2. The number of ether oxygens (including phenoxy) is 1. The van der Waals surface area contributed by atoms with Crippen molar-refractivity contribution in [2.75, 3.05) is 14.1 Å². The molecule has 1 aliphatic carbocycles. The van der Waals surface area contributed by atoms with Gasteiger partial charge in [0.2, 0.25) is 0 Å². The number of thioether (sulfide) groups is 1. The second-order valence-electron chi connectivity index (χ2n) is 7.43. The van der Waals surface area contributed by atoms with E-state index in [1.54, 1.807) is 0 Å². The first-order chi connectivity index (χ1) is 13.1. The van der Waals surface area contributed by atoms with Crippen LogP contribution in [0.1, 0.15) is 54.6 Å². The molecule has 0 aromatic heterocycles. The molecule has 1 fully saturated rings. The predicted octanol–water partition coefficient (Wildman–Crippen LogP) is 5.57. The smallest absolute Gasteiger partial charge is 0.338 e. The Morgan fingerprint density at radius 1 is 1.04 bits per heavy atom. The largest absolute Gasteiger partial charge is 0.458 e. The van der Waals surface area contributed by atoms with E-state index in [1.807, 2.05) is 42.1 Å². The third-order valence-corrected chi connectivity index (χ3v) is 6.80. The standard InChI is InChI=1S/C23H29NO2S/c1-17(24(2)3)19-13-7-9-15-21(19)27-22-16-10-8-14-20(22)26-23(25)18-11-5-4-6-12-18/h4-7,9,11-13,15,17,20,22H,8,10,14,16H2,1-3H3/t17-,20-,22-/m1/s1. The number of nitrogens with zero attached hydrogens (tertiary/aromatic N) is 1. The van der Waals surface area contributed by atoms with Crippen LogP contribution in [0.25, 0.3) is 0 Å². The molecule has 0 unspecified atom stereocenters. The second kappa shape index (κ2) is 9.43. The molecule has 0 aliphatic heterocycles. The first-order valence-corrected chi connectivity index (χ1v) is 10.6. The molecule has 27 heavy (non-hydrogen) atoms. The molecule has 3 rings (SSSR count). The maximum absolute atomic E-state index is 12.5. The van der Waals surface area contributed by atoms with Crippen molar-refractivity contribution in [3.05, 3.63) is 65.7 Å². The summed E-state index contributed by atoms with van der Waals surface area (Å²) in [5.74, 6) is -0.206. The van der Waals surface area contributed by atoms with Crippen LogP contribution in [0.4, 0.5) is 0 Å². The molecule has 2 aromatic carbocycles. The van der Waals surface area contributed by atoms with Gasteiger partial charge in [-0.25, -0.2) is 4.79 Å². The minimum atomic E-state index is -0.206. The fraction of sp³-hybridized carbons (Fsp3) is 0.435. The van der Waals surface area contributed by atoms with E-state index in [2.05, 4.69) is 50.2 Å². The van der Waals surface area contributed by atoms with Crippen LogP contribution in [0.5, 0.6) is 0 Å². The number of carbonyl (C=O) groups is 1. The third kappa shape index (κ3) is 5.14. The van der Waals surface area contributed by atoms with Gasteiger partial charge in [-0.15, -0.1) is 11.8 Å². The van der Waals surface area contributed by atoms with Crippen molar-refractivity contribution in [1.29, 1.82) is 0 Å². The molecule has 0 bridgehead atoms. The molecule has 144 valence electrons. The Balaban J connectivity index is 1.74. The van der Waals surface area contributed by atoms with Crippen LogP contribution < -0.4 is 0 Å². The van der Waals surface area contributed by atoms with Crippen LogP contribution in [-0.4, -0.2) is 36.3 Å². The monoisotopic (exact) mass is 383 g/mol. The van der Waals surface area contributed by atoms with Crippen molar-refractivity contribution in [2.24, 2.45) is 0 Å². The van der Waals surface area contributed by atoms with Crippen LogP contribution in [0, 0.1) is 0 Å². The maximum Gasteiger partial charge on any atom is 0.338 e. The number of esters is 1. The van der Waals surface area contributed by atoms with Gasteiger partial charge in [-0.05, 0) is 64.0 Å². The molecular formula is C23H29NO2S. The lowest BCUT2D eigenvalue weighted by atomic mass is 9.97. The highest BCUT2D eigenvalue weighted by molar-refractivity contribution is 8.00. The Hall–Kier alpha value is -1.78. The number of hydrogen-bond acceptors (Lipinski definition) is 4. The van der Waals surface area contributed by atoms with Gasteiger partial charge in [-0.3, -0.25) is 0 Å². The first kappa shape index (κ1) is 20.0. The van der Waals surface area contributed by atoms with Gasteiger partial charge in [0.15, 0.2) is 0 Å². The fourth-order valence-corrected chi connectivity index (χ4v) is 4.97. The summed E-state index contributed by atoms with van der Waals surface area (Å²) in [6.45, 7) is 2.23.